The third kappa shape index (κ3) is 5.08. The predicted octanol–water partition coefficient (Wildman–Crippen LogP) is 2.97. The normalized spacial score (nSPS) is 20.7. The van der Waals surface area contributed by atoms with Crippen LogP contribution in [0.15, 0.2) is 36.2 Å². The molecule has 1 saturated heterocycles. The van der Waals surface area contributed by atoms with Crippen molar-refractivity contribution in [3.63, 3.8) is 0 Å². The van der Waals surface area contributed by atoms with E-state index in [-0.39, 0.29) is 17.4 Å². The topological polar surface area (TPSA) is 56.4 Å². The molecular weight excluding hydrogens is 324 g/mol. The summed E-state index contributed by atoms with van der Waals surface area (Å²) in [7, 11) is 0. The highest BCUT2D eigenvalue weighted by atomic mass is 16.1. The minimum Gasteiger partial charge on any atom is -0.312 e. The lowest BCUT2D eigenvalue weighted by atomic mass is 9.86. The summed E-state index contributed by atoms with van der Waals surface area (Å²) in [5.74, 6) is 0.828. The summed E-state index contributed by atoms with van der Waals surface area (Å²) in [6.07, 6.45) is 6.12. The molecule has 5 nitrogen and oxygen atoms in total. The van der Waals surface area contributed by atoms with Gasteiger partial charge in [-0.25, -0.2) is 5.43 Å². The number of carbonyl (C=O) groups is 1. The SMILES string of the molecule is CC(C)(C)c1ccc(C2C=C(NC(=O)CCCN3CCCC3)NN2)cc1. The summed E-state index contributed by atoms with van der Waals surface area (Å²) in [6.45, 7) is 10.1. The molecule has 26 heavy (non-hydrogen) atoms. The van der Waals surface area contributed by atoms with Gasteiger partial charge in [0.05, 0.1) is 6.04 Å². The van der Waals surface area contributed by atoms with Crippen LogP contribution < -0.4 is 16.2 Å². The van der Waals surface area contributed by atoms with Gasteiger partial charge in [0.1, 0.15) is 5.82 Å². The molecule has 2 aliphatic rings. The molecule has 1 amide bonds. The number of rotatable bonds is 6. The highest BCUT2D eigenvalue weighted by Crippen LogP contribution is 2.25. The van der Waals surface area contributed by atoms with Crippen LogP contribution in [0.5, 0.6) is 0 Å². The zero-order valence-electron chi connectivity index (χ0n) is 16.3. The fraction of sp³-hybridized carbons (Fsp3) is 0.571. The second kappa shape index (κ2) is 8.23. The third-order valence-corrected chi connectivity index (χ3v) is 5.18. The Morgan fingerprint density at radius 2 is 1.88 bits per heavy atom. The van der Waals surface area contributed by atoms with Crippen molar-refractivity contribution in [2.24, 2.45) is 0 Å². The van der Waals surface area contributed by atoms with E-state index in [2.05, 4.69) is 66.1 Å². The van der Waals surface area contributed by atoms with Gasteiger partial charge in [0.15, 0.2) is 0 Å². The molecule has 0 bridgehead atoms. The monoisotopic (exact) mass is 356 g/mol. The first-order chi connectivity index (χ1) is 12.4. The van der Waals surface area contributed by atoms with Gasteiger partial charge in [0.2, 0.25) is 5.91 Å². The summed E-state index contributed by atoms with van der Waals surface area (Å²) in [5, 5.41) is 2.97. The van der Waals surface area contributed by atoms with Crippen LogP contribution in [0.25, 0.3) is 0 Å². The quantitative estimate of drug-likeness (QED) is 0.733. The van der Waals surface area contributed by atoms with Gasteiger partial charge in [-0.1, -0.05) is 45.0 Å². The van der Waals surface area contributed by atoms with Crippen LogP contribution in [0.3, 0.4) is 0 Å². The number of amides is 1. The fourth-order valence-electron chi connectivity index (χ4n) is 3.53. The van der Waals surface area contributed by atoms with Crippen molar-refractivity contribution >= 4 is 5.91 Å². The van der Waals surface area contributed by atoms with Crippen LogP contribution in [0.2, 0.25) is 0 Å². The van der Waals surface area contributed by atoms with Gasteiger partial charge >= 0.3 is 0 Å². The Morgan fingerprint density at radius 3 is 2.54 bits per heavy atom. The first-order valence-corrected chi connectivity index (χ1v) is 9.78. The molecule has 3 N–H and O–H groups in total. The van der Waals surface area contributed by atoms with Gasteiger partial charge in [-0.2, -0.15) is 0 Å². The number of nitrogens with zero attached hydrogens (tertiary/aromatic N) is 1. The number of hydrogen-bond acceptors (Lipinski definition) is 4. The maximum atomic E-state index is 12.1. The van der Waals surface area contributed by atoms with Crippen molar-refractivity contribution in [3.05, 3.63) is 47.3 Å². The average molecular weight is 357 g/mol. The first kappa shape index (κ1) is 18.9. The summed E-state index contributed by atoms with van der Waals surface area (Å²) in [4.78, 5) is 14.6. The Hall–Kier alpha value is -1.85. The second-order valence-electron chi connectivity index (χ2n) is 8.40. The lowest BCUT2D eigenvalue weighted by Crippen LogP contribution is -2.35. The Morgan fingerprint density at radius 1 is 1.19 bits per heavy atom. The predicted molar refractivity (Wildman–Crippen MR) is 105 cm³/mol. The number of carbonyl (C=O) groups excluding carboxylic acids is 1. The van der Waals surface area contributed by atoms with Crippen LogP contribution in [0.1, 0.15) is 63.6 Å². The second-order valence-corrected chi connectivity index (χ2v) is 8.40. The largest absolute Gasteiger partial charge is 0.312 e. The summed E-state index contributed by atoms with van der Waals surface area (Å²) >= 11 is 0. The van der Waals surface area contributed by atoms with Crippen molar-refractivity contribution in [2.75, 3.05) is 19.6 Å². The molecule has 1 aromatic carbocycles. The highest BCUT2D eigenvalue weighted by Gasteiger charge is 2.19. The van der Waals surface area contributed by atoms with Crippen LogP contribution in [0, 0.1) is 0 Å². The molecule has 2 heterocycles. The van der Waals surface area contributed by atoms with Crippen LogP contribution in [-0.4, -0.2) is 30.4 Å². The molecule has 2 aliphatic heterocycles. The van der Waals surface area contributed by atoms with E-state index in [9.17, 15) is 4.79 Å². The van der Waals surface area contributed by atoms with Crippen LogP contribution in [0.4, 0.5) is 0 Å². The van der Waals surface area contributed by atoms with Crippen LogP contribution >= 0.6 is 0 Å². The molecule has 0 aliphatic carbocycles. The molecule has 142 valence electrons. The fourth-order valence-corrected chi connectivity index (χ4v) is 3.53. The molecule has 1 fully saturated rings. The van der Waals surface area contributed by atoms with E-state index in [1.807, 2.05) is 6.08 Å². The number of hydrogen-bond donors (Lipinski definition) is 3. The maximum Gasteiger partial charge on any atom is 0.225 e. The number of benzene rings is 1. The molecule has 0 saturated carbocycles. The third-order valence-electron chi connectivity index (χ3n) is 5.18. The van der Waals surface area contributed by atoms with Gasteiger partial charge in [-0.3, -0.25) is 4.79 Å². The van der Waals surface area contributed by atoms with E-state index >= 15 is 0 Å². The van der Waals surface area contributed by atoms with Crippen molar-refractivity contribution in [1.29, 1.82) is 0 Å². The van der Waals surface area contributed by atoms with Crippen molar-refractivity contribution in [2.45, 2.75) is 57.9 Å². The summed E-state index contributed by atoms with van der Waals surface area (Å²) in [6, 6.07) is 8.73. The van der Waals surface area contributed by atoms with E-state index in [4.69, 9.17) is 0 Å². The molecular formula is C21H32N4O. The van der Waals surface area contributed by atoms with E-state index in [1.165, 1.54) is 37.1 Å². The number of hydrazine groups is 1. The molecule has 1 aromatic rings. The molecule has 0 spiro atoms. The summed E-state index contributed by atoms with van der Waals surface area (Å²) < 4.78 is 0. The molecule has 3 rings (SSSR count). The molecule has 1 atom stereocenters. The Bertz CT molecular complexity index is 639. The van der Waals surface area contributed by atoms with E-state index in [1.54, 1.807) is 0 Å². The number of nitrogens with one attached hydrogen (secondary N) is 3. The molecule has 0 radical (unpaired) electrons. The number of likely N-dealkylation sites (tertiary alicyclic amines) is 1. The lowest BCUT2D eigenvalue weighted by molar-refractivity contribution is -0.120. The Labute approximate surface area is 157 Å². The van der Waals surface area contributed by atoms with Crippen molar-refractivity contribution in [1.82, 2.24) is 21.1 Å². The smallest absolute Gasteiger partial charge is 0.225 e. The Kier molecular flexibility index (Phi) is 5.99. The van der Waals surface area contributed by atoms with Gasteiger partial charge < -0.3 is 15.6 Å². The van der Waals surface area contributed by atoms with Gasteiger partial charge in [-0.15, -0.1) is 0 Å². The lowest BCUT2D eigenvalue weighted by Gasteiger charge is -2.19. The standard InChI is InChI=1S/C21H32N4O/c1-21(2,3)17-10-8-16(9-11-17)18-15-19(24-23-18)22-20(26)7-6-14-25-12-4-5-13-25/h8-11,15,18,23-24H,4-7,12-14H2,1-3H3,(H,22,26). The molecule has 0 aromatic heterocycles. The van der Waals surface area contributed by atoms with Gasteiger partial charge in [0, 0.05) is 6.42 Å². The Balaban J connectivity index is 1.47. The van der Waals surface area contributed by atoms with E-state index < -0.39 is 0 Å². The molecule has 5 heteroatoms. The highest BCUT2D eigenvalue weighted by molar-refractivity contribution is 5.77. The zero-order valence-corrected chi connectivity index (χ0v) is 16.3. The van der Waals surface area contributed by atoms with Gasteiger partial charge in [0.25, 0.3) is 0 Å². The van der Waals surface area contributed by atoms with E-state index in [0.29, 0.717) is 6.42 Å². The first-order valence-electron chi connectivity index (χ1n) is 9.78. The minimum atomic E-state index is 0.0731. The summed E-state index contributed by atoms with van der Waals surface area (Å²) in [5.41, 5.74) is 8.97. The zero-order chi connectivity index (χ0) is 18.6. The average Bonchev–Trinajstić information content (AvgIpc) is 3.26. The maximum absolute atomic E-state index is 12.1. The van der Waals surface area contributed by atoms with Gasteiger partial charge in [-0.05, 0) is 61.5 Å². The van der Waals surface area contributed by atoms with E-state index in [0.717, 1.165) is 18.8 Å². The van der Waals surface area contributed by atoms with Crippen molar-refractivity contribution < 1.29 is 4.79 Å². The van der Waals surface area contributed by atoms with Crippen molar-refractivity contribution in [3.8, 4) is 0 Å². The van der Waals surface area contributed by atoms with Crippen LogP contribution in [-0.2, 0) is 10.2 Å². The molecule has 1 unspecified atom stereocenters. The minimum absolute atomic E-state index is 0.0731.